The molecule has 4 amide bonds. The number of phenolic OH excluding ortho intramolecular Hbond substituents is 1. The monoisotopic (exact) mass is 491 g/mol. The number of carbonyl (C=O) groups excluding carboxylic acids is 3. The van der Waals surface area contributed by atoms with Gasteiger partial charge in [0, 0.05) is 19.2 Å². The second-order valence-electron chi connectivity index (χ2n) is 8.49. The molecule has 0 aliphatic carbocycles. The van der Waals surface area contributed by atoms with Crippen LogP contribution in [0.1, 0.15) is 38.7 Å². The van der Waals surface area contributed by atoms with Crippen molar-refractivity contribution in [3.63, 3.8) is 0 Å². The third-order valence-electron chi connectivity index (χ3n) is 4.80. The van der Waals surface area contributed by atoms with E-state index in [9.17, 15) is 19.5 Å². The maximum absolute atomic E-state index is 13.2. The van der Waals surface area contributed by atoms with Crippen LogP contribution in [-0.4, -0.2) is 59.8 Å². The summed E-state index contributed by atoms with van der Waals surface area (Å²) < 4.78 is 0. The molecule has 0 aliphatic heterocycles. The minimum Gasteiger partial charge on any atom is -0.508 e. The van der Waals surface area contributed by atoms with Crippen LogP contribution in [0.5, 0.6) is 5.75 Å². The van der Waals surface area contributed by atoms with E-state index in [1.165, 1.54) is 18.3 Å². The Balaban J connectivity index is 3.01. The average Bonchev–Trinajstić information content (AvgIpc) is 2.76. The van der Waals surface area contributed by atoms with Crippen molar-refractivity contribution in [2.45, 2.75) is 57.7 Å². The molecule has 13 heteroatoms. The summed E-state index contributed by atoms with van der Waals surface area (Å²) in [6, 6.07) is 3.08. The highest BCUT2D eigenvalue weighted by Crippen LogP contribution is 2.12. The predicted molar refractivity (Wildman–Crippen MR) is 134 cm³/mol. The van der Waals surface area contributed by atoms with Crippen molar-refractivity contribution in [1.82, 2.24) is 16.1 Å². The number of guanidine groups is 1. The molecule has 0 aromatic heterocycles. The first-order valence-corrected chi connectivity index (χ1v) is 11.3. The van der Waals surface area contributed by atoms with Crippen LogP contribution >= 0.6 is 0 Å². The molecule has 0 spiro atoms. The Morgan fingerprint density at radius 3 is 2.29 bits per heavy atom. The van der Waals surface area contributed by atoms with Crippen molar-refractivity contribution in [1.29, 1.82) is 0 Å². The van der Waals surface area contributed by atoms with Crippen molar-refractivity contribution in [2.75, 3.05) is 6.54 Å². The van der Waals surface area contributed by atoms with Gasteiger partial charge < -0.3 is 38.7 Å². The van der Waals surface area contributed by atoms with E-state index in [1.807, 2.05) is 13.8 Å². The van der Waals surface area contributed by atoms with Crippen molar-refractivity contribution in [3.05, 3.63) is 29.8 Å². The van der Waals surface area contributed by atoms with Crippen LogP contribution in [0.3, 0.4) is 0 Å². The molecule has 0 radical (unpaired) electrons. The number of hydrogen-bond acceptors (Lipinski definition) is 7. The normalized spacial score (nSPS) is 13.6. The van der Waals surface area contributed by atoms with E-state index >= 15 is 0 Å². The summed E-state index contributed by atoms with van der Waals surface area (Å²) in [4.78, 5) is 40.7. The molecular weight excluding hydrogens is 454 g/mol. The summed E-state index contributed by atoms with van der Waals surface area (Å²) in [5.74, 6) is -0.712. The highest BCUT2D eigenvalue weighted by atomic mass is 16.3. The van der Waals surface area contributed by atoms with E-state index in [0.29, 0.717) is 31.4 Å². The number of benzene rings is 1. The number of primary amides is 1. The summed E-state index contributed by atoms with van der Waals surface area (Å²) in [7, 11) is 0. The fourth-order valence-electron chi connectivity index (χ4n) is 3.15. The first-order valence-electron chi connectivity index (χ1n) is 11.3. The molecule has 0 heterocycles. The number of hydrogen-bond donors (Lipinski definition) is 8. The number of aliphatic imine (C=N–C) groups is 1. The Bertz CT molecular complexity index is 883. The first kappa shape index (κ1) is 29.2. The number of hydrazone groups is 1. The topological polar surface area (TPSA) is 236 Å². The van der Waals surface area contributed by atoms with Crippen molar-refractivity contribution in [2.24, 2.45) is 38.9 Å². The van der Waals surface area contributed by atoms with Gasteiger partial charge in [0.1, 0.15) is 11.8 Å². The number of phenols is 1. The first-order chi connectivity index (χ1) is 16.5. The van der Waals surface area contributed by atoms with Crippen LogP contribution in [-0.2, 0) is 16.0 Å². The lowest BCUT2D eigenvalue weighted by Crippen LogP contribution is -2.54. The van der Waals surface area contributed by atoms with Gasteiger partial charge in [-0.1, -0.05) is 26.0 Å². The quantitative estimate of drug-likeness (QED) is 0.0697. The zero-order chi connectivity index (χ0) is 26.4. The number of carbonyl (C=O) groups is 3. The van der Waals surface area contributed by atoms with Gasteiger partial charge in [0.25, 0.3) is 0 Å². The second kappa shape index (κ2) is 15.1. The fraction of sp³-hybridized carbons (Fsp3) is 0.500. The third-order valence-corrected chi connectivity index (χ3v) is 4.80. The number of rotatable bonds is 14. The summed E-state index contributed by atoms with van der Waals surface area (Å²) in [5, 5.41) is 18.8. The van der Waals surface area contributed by atoms with Crippen molar-refractivity contribution < 1.29 is 19.5 Å². The molecule has 12 N–H and O–H groups in total. The van der Waals surface area contributed by atoms with E-state index in [2.05, 4.69) is 26.2 Å². The summed E-state index contributed by atoms with van der Waals surface area (Å²) >= 11 is 0. The average molecular weight is 492 g/mol. The molecule has 1 rings (SSSR count). The maximum Gasteiger partial charge on any atom is 0.332 e. The highest BCUT2D eigenvalue weighted by molar-refractivity contribution is 5.91. The number of urea groups is 1. The summed E-state index contributed by atoms with van der Waals surface area (Å²) in [5.41, 5.74) is 24.5. The smallest absolute Gasteiger partial charge is 0.332 e. The van der Waals surface area contributed by atoms with Crippen molar-refractivity contribution in [3.8, 4) is 5.75 Å². The lowest BCUT2D eigenvalue weighted by atomic mass is 10.0. The van der Waals surface area contributed by atoms with Crippen LogP contribution < -0.4 is 39.0 Å². The third kappa shape index (κ3) is 12.8. The van der Waals surface area contributed by atoms with Crippen LogP contribution in [0, 0.1) is 5.92 Å². The van der Waals surface area contributed by atoms with Gasteiger partial charge >= 0.3 is 6.03 Å². The van der Waals surface area contributed by atoms with Gasteiger partial charge in [-0.15, -0.1) is 0 Å². The Kier molecular flexibility index (Phi) is 12.6. The van der Waals surface area contributed by atoms with Crippen LogP contribution in [0.2, 0.25) is 0 Å². The van der Waals surface area contributed by atoms with Crippen LogP contribution in [0.4, 0.5) is 4.79 Å². The van der Waals surface area contributed by atoms with E-state index in [4.69, 9.17) is 22.9 Å². The molecule has 35 heavy (non-hydrogen) atoms. The molecule has 1 aromatic carbocycles. The Hall–Kier alpha value is -3.87. The van der Waals surface area contributed by atoms with Crippen LogP contribution in [0.15, 0.2) is 34.4 Å². The zero-order valence-electron chi connectivity index (χ0n) is 20.1. The van der Waals surface area contributed by atoms with Gasteiger partial charge in [-0.25, -0.2) is 10.2 Å². The molecule has 0 saturated carbocycles. The molecule has 0 saturated heterocycles. The Morgan fingerprint density at radius 1 is 1.06 bits per heavy atom. The van der Waals surface area contributed by atoms with Gasteiger partial charge in [0.05, 0.1) is 12.1 Å². The molecule has 0 bridgehead atoms. The summed E-state index contributed by atoms with van der Waals surface area (Å²) in [6.07, 6.45) is 2.82. The van der Waals surface area contributed by atoms with Gasteiger partial charge in [-0.3, -0.25) is 14.6 Å². The molecule has 0 aliphatic rings. The van der Waals surface area contributed by atoms with E-state index in [1.54, 1.807) is 12.1 Å². The van der Waals surface area contributed by atoms with E-state index in [-0.39, 0.29) is 24.0 Å². The summed E-state index contributed by atoms with van der Waals surface area (Å²) in [6.45, 7) is 4.21. The molecule has 194 valence electrons. The lowest BCUT2D eigenvalue weighted by molar-refractivity contribution is -0.130. The maximum atomic E-state index is 13.2. The largest absolute Gasteiger partial charge is 0.508 e. The van der Waals surface area contributed by atoms with Gasteiger partial charge in [0.2, 0.25) is 11.8 Å². The number of nitrogens with two attached hydrogens (primary N) is 4. The highest BCUT2D eigenvalue weighted by Gasteiger charge is 2.26. The number of nitrogens with zero attached hydrogens (tertiary/aromatic N) is 2. The van der Waals surface area contributed by atoms with Gasteiger partial charge in [-0.2, -0.15) is 5.10 Å². The van der Waals surface area contributed by atoms with Crippen LogP contribution in [0.25, 0.3) is 0 Å². The minimum absolute atomic E-state index is 0.0518. The Labute approximate surface area is 204 Å². The molecule has 13 nitrogen and oxygen atoms in total. The fourth-order valence-corrected chi connectivity index (χ4v) is 3.15. The SMILES string of the molecule is CC(C)C[C@H](N)C(=O)N[C@@H](Cc1ccc(O)cc1)C(=O)N[C@H](/C=N/NC(N)=O)CCCN=C(N)N. The number of nitrogens with one attached hydrogen (secondary N) is 3. The van der Waals surface area contributed by atoms with E-state index < -0.39 is 36.0 Å². The zero-order valence-corrected chi connectivity index (χ0v) is 20.1. The molecule has 1 aromatic rings. The lowest BCUT2D eigenvalue weighted by Gasteiger charge is -2.23. The number of amides is 4. The number of aromatic hydroxyl groups is 1. The molecule has 0 fully saturated rings. The van der Waals surface area contributed by atoms with Gasteiger partial charge in [0.15, 0.2) is 5.96 Å². The Morgan fingerprint density at radius 2 is 1.71 bits per heavy atom. The molecular formula is C22H37N9O4. The standard InChI is InChI=1S/C22H37N9O4/c1-13(2)10-17(23)19(33)30-18(11-14-5-7-16(32)8-6-14)20(34)29-15(12-28-31-22(26)35)4-3-9-27-21(24)25/h5-8,12-13,15,17-18,32H,3-4,9-11,23H2,1-2H3,(H,29,34)(H,30,33)(H4,24,25,27)(H3,26,31,35)/b28-12+/t15-,17-,18-/m0/s1. The van der Waals surface area contributed by atoms with Crippen molar-refractivity contribution >= 4 is 30.0 Å². The predicted octanol–water partition coefficient (Wildman–Crippen LogP) is -1.01. The molecule has 0 unspecified atom stereocenters. The van der Waals surface area contributed by atoms with Gasteiger partial charge in [-0.05, 0) is 42.9 Å². The minimum atomic E-state index is -0.956. The molecule has 3 atom stereocenters. The second-order valence-corrected chi connectivity index (χ2v) is 8.49. The van der Waals surface area contributed by atoms with E-state index in [0.717, 1.165) is 0 Å².